The third kappa shape index (κ3) is 5.13. The lowest BCUT2D eigenvalue weighted by molar-refractivity contribution is -0.134. The van der Waals surface area contributed by atoms with Gasteiger partial charge >= 0.3 is 0 Å². The van der Waals surface area contributed by atoms with Crippen molar-refractivity contribution >= 4 is 34.3 Å². The Morgan fingerprint density at radius 2 is 1.97 bits per heavy atom. The zero-order chi connectivity index (χ0) is 24.4. The van der Waals surface area contributed by atoms with Gasteiger partial charge in [-0.05, 0) is 63.0 Å². The molecule has 1 spiro atoms. The number of nitrogens with zero attached hydrogens (tertiary/aromatic N) is 2. The summed E-state index contributed by atoms with van der Waals surface area (Å²) in [5, 5.41) is 14.6. The molecule has 1 aromatic carbocycles. The first-order chi connectivity index (χ1) is 16.9. The molecule has 8 heteroatoms. The molecule has 188 valence electrons. The van der Waals surface area contributed by atoms with Crippen molar-refractivity contribution in [2.75, 3.05) is 11.9 Å². The smallest absolute Gasteiger partial charge is 0.235 e. The summed E-state index contributed by atoms with van der Waals surface area (Å²) in [6.07, 6.45) is 12.6. The molecule has 8 nitrogen and oxygen atoms in total. The number of aromatic nitrogens is 2. The molecule has 1 aliphatic heterocycles. The maximum Gasteiger partial charge on any atom is 0.235 e. The molecule has 1 unspecified atom stereocenters. The molecule has 3 N–H and O–H groups in total. The Hall–Kier alpha value is -2.74. The van der Waals surface area contributed by atoms with Gasteiger partial charge in [-0.1, -0.05) is 31.4 Å². The molecular weight excluding hydrogens is 442 g/mol. The van der Waals surface area contributed by atoms with Crippen LogP contribution in [0.15, 0.2) is 18.2 Å². The third-order valence-corrected chi connectivity index (χ3v) is 8.27. The van der Waals surface area contributed by atoms with E-state index in [2.05, 4.69) is 21.0 Å². The highest BCUT2D eigenvalue weighted by atomic mass is 16.2. The minimum Gasteiger partial charge on any atom is -0.324 e. The van der Waals surface area contributed by atoms with Crippen molar-refractivity contribution in [2.45, 2.75) is 89.0 Å². The van der Waals surface area contributed by atoms with Gasteiger partial charge in [-0.3, -0.25) is 24.4 Å². The Bertz CT molecular complexity index is 1110. The standard InChI is InChI=1S/C27H37N5O3/c1-32-25-19(24(31-32)20-11-12-23(34)30-26(20)35)8-6-9-21(25)29-22(33)10-4-2-3-5-15-28-18-16-27(17-18)13-7-14-27/h6,8-9,18,20,28H,2-5,7,10-17H2,1H3,(H,29,33)(H,30,34,35). The molecule has 2 aromatic rings. The zero-order valence-corrected chi connectivity index (χ0v) is 20.7. The summed E-state index contributed by atoms with van der Waals surface area (Å²) in [6.45, 7) is 1.09. The summed E-state index contributed by atoms with van der Waals surface area (Å²) in [6, 6.07) is 6.40. The van der Waals surface area contributed by atoms with E-state index in [0.717, 1.165) is 48.2 Å². The fourth-order valence-corrected chi connectivity index (χ4v) is 6.17. The molecule has 2 saturated carbocycles. The van der Waals surface area contributed by atoms with Gasteiger partial charge in [-0.15, -0.1) is 0 Å². The number of para-hydroxylation sites is 1. The van der Waals surface area contributed by atoms with Crippen LogP contribution in [0.5, 0.6) is 0 Å². The van der Waals surface area contributed by atoms with Gasteiger partial charge in [0.2, 0.25) is 17.7 Å². The number of unbranched alkanes of at least 4 members (excludes halogenated alkanes) is 3. The average molecular weight is 480 g/mol. The Morgan fingerprint density at radius 3 is 2.71 bits per heavy atom. The number of rotatable bonds is 10. The summed E-state index contributed by atoms with van der Waals surface area (Å²) in [5.41, 5.74) is 2.89. The fourth-order valence-electron chi connectivity index (χ4n) is 6.17. The average Bonchev–Trinajstić information content (AvgIpc) is 3.10. The molecule has 1 saturated heterocycles. The van der Waals surface area contributed by atoms with Gasteiger partial charge in [0.25, 0.3) is 0 Å². The SMILES string of the molecule is Cn1nc(C2CCC(=O)NC2=O)c2cccc(NC(=O)CCCCCCNC3CC4(CCC4)C3)c21. The first-order valence-electron chi connectivity index (χ1n) is 13.3. The van der Waals surface area contributed by atoms with Crippen molar-refractivity contribution in [2.24, 2.45) is 12.5 Å². The zero-order valence-electron chi connectivity index (χ0n) is 20.7. The van der Waals surface area contributed by atoms with E-state index in [1.54, 1.807) is 4.68 Å². The van der Waals surface area contributed by atoms with Crippen molar-refractivity contribution in [1.29, 1.82) is 0 Å². The van der Waals surface area contributed by atoms with Crippen molar-refractivity contribution < 1.29 is 14.4 Å². The van der Waals surface area contributed by atoms with Crippen molar-refractivity contribution in [3.05, 3.63) is 23.9 Å². The maximum absolute atomic E-state index is 12.6. The van der Waals surface area contributed by atoms with Crippen LogP contribution >= 0.6 is 0 Å². The lowest BCUT2D eigenvalue weighted by Gasteiger charge is -2.54. The first-order valence-corrected chi connectivity index (χ1v) is 13.3. The van der Waals surface area contributed by atoms with Gasteiger partial charge in [0, 0.05) is 31.3 Å². The number of benzene rings is 1. The molecule has 2 heterocycles. The van der Waals surface area contributed by atoms with Gasteiger partial charge in [-0.25, -0.2) is 0 Å². The van der Waals surface area contributed by atoms with Crippen LogP contribution in [0, 0.1) is 5.41 Å². The Morgan fingerprint density at radius 1 is 1.17 bits per heavy atom. The van der Waals surface area contributed by atoms with Gasteiger partial charge < -0.3 is 10.6 Å². The number of hydrogen-bond donors (Lipinski definition) is 3. The van der Waals surface area contributed by atoms with E-state index < -0.39 is 5.92 Å². The van der Waals surface area contributed by atoms with E-state index in [-0.39, 0.29) is 17.7 Å². The van der Waals surface area contributed by atoms with Crippen LogP contribution in [-0.4, -0.2) is 40.1 Å². The summed E-state index contributed by atoms with van der Waals surface area (Å²) in [7, 11) is 1.82. The number of nitrogens with one attached hydrogen (secondary N) is 3. The number of carbonyl (C=O) groups is 3. The molecule has 0 radical (unpaired) electrons. The van der Waals surface area contributed by atoms with E-state index in [1.807, 2.05) is 25.2 Å². The molecule has 3 aliphatic rings. The van der Waals surface area contributed by atoms with Crippen LogP contribution in [0.2, 0.25) is 0 Å². The number of aryl methyl sites for hydroxylation is 1. The largest absolute Gasteiger partial charge is 0.324 e. The third-order valence-electron chi connectivity index (χ3n) is 8.27. The Labute approximate surface area is 206 Å². The van der Waals surface area contributed by atoms with E-state index in [1.165, 1.54) is 38.5 Å². The highest BCUT2D eigenvalue weighted by Crippen LogP contribution is 2.55. The first kappa shape index (κ1) is 24.0. The predicted octanol–water partition coefficient (Wildman–Crippen LogP) is 3.90. The predicted molar refractivity (Wildman–Crippen MR) is 135 cm³/mol. The van der Waals surface area contributed by atoms with Crippen LogP contribution < -0.4 is 16.0 Å². The quantitative estimate of drug-likeness (QED) is 0.354. The molecule has 0 bridgehead atoms. The number of amides is 3. The number of carbonyl (C=O) groups excluding carboxylic acids is 3. The number of imide groups is 1. The van der Waals surface area contributed by atoms with Crippen molar-refractivity contribution in [3.8, 4) is 0 Å². The number of piperidine rings is 1. The van der Waals surface area contributed by atoms with Gasteiger partial charge in [0.05, 0.1) is 22.8 Å². The van der Waals surface area contributed by atoms with E-state index in [0.29, 0.717) is 30.6 Å². The lowest BCUT2D eigenvalue weighted by atomic mass is 9.54. The summed E-state index contributed by atoms with van der Waals surface area (Å²) in [4.78, 5) is 36.5. The number of fused-ring (bicyclic) bond motifs is 1. The van der Waals surface area contributed by atoms with E-state index in [4.69, 9.17) is 0 Å². The molecule has 1 atom stereocenters. The molecular formula is C27H37N5O3. The molecule has 3 fully saturated rings. The molecule has 35 heavy (non-hydrogen) atoms. The topological polar surface area (TPSA) is 105 Å². The van der Waals surface area contributed by atoms with E-state index >= 15 is 0 Å². The second-order valence-electron chi connectivity index (χ2n) is 10.8. The van der Waals surface area contributed by atoms with Crippen LogP contribution in [0.3, 0.4) is 0 Å². The van der Waals surface area contributed by atoms with Crippen molar-refractivity contribution in [3.63, 3.8) is 0 Å². The normalized spacial score (nSPS) is 21.6. The van der Waals surface area contributed by atoms with Crippen LogP contribution in [-0.2, 0) is 21.4 Å². The van der Waals surface area contributed by atoms with Crippen LogP contribution in [0.25, 0.3) is 10.9 Å². The fraction of sp³-hybridized carbons (Fsp3) is 0.630. The van der Waals surface area contributed by atoms with Gasteiger partial charge in [-0.2, -0.15) is 5.10 Å². The van der Waals surface area contributed by atoms with Crippen LogP contribution in [0.1, 0.15) is 88.7 Å². The molecule has 5 rings (SSSR count). The maximum atomic E-state index is 12.6. The van der Waals surface area contributed by atoms with Crippen molar-refractivity contribution in [1.82, 2.24) is 20.4 Å². The van der Waals surface area contributed by atoms with Gasteiger partial charge in [0.1, 0.15) is 0 Å². The summed E-state index contributed by atoms with van der Waals surface area (Å²) >= 11 is 0. The Balaban J connectivity index is 1.07. The second-order valence-corrected chi connectivity index (χ2v) is 10.8. The van der Waals surface area contributed by atoms with E-state index in [9.17, 15) is 14.4 Å². The molecule has 2 aliphatic carbocycles. The highest BCUT2D eigenvalue weighted by molar-refractivity contribution is 6.05. The lowest BCUT2D eigenvalue weighted by Crippen LogP contribution is -2.52. The Kier molecular flexibility index (Phi) is 6.91. The molecule has 1 aromatic heterocycles. The monoisotopic (exact) mass is 479 g/mol. The minimum absolute atomic E-state index is 0.000328. The number of anilines is 1. The molecule has 3 amide bonds. The van der Waals surface area contributed by atoms with Gasteiger partial charge in [0.15, 0.2) is 0 Å². The summed E-state index contributed by atoms with van der Waals surface area (Å²) < 4.78 is 1.71. The minimum atomic E-state index is -0.458. The van der Waals surface area contributed by atoms with Crippen LogP contribution in [0.4, 0.5) is 5.69 Å². The number of hydrogen-bond acceptors (Lipinski definition) is 5. The second kappa shape index (κ2) is 10.1. The highest BCUT2D eigenvalue weighted by Gasteiger charge is 2.47. The summed E-state index contributed by atoms with van der Waals surface area (Å²) in [5.74, 6) is -1.00.